The van der Waals surface area contributed by atoms with E-state index < -0.39 is 0 Å². The zero-order chi connectivity index (χ0) is 12.3. The van der Waals surface area contributed by atoms with Gasteiger partial charge in [-0.1, -0.05) is 41.5 Å². The van der Waals surface area contributed by atoms with Crippen LogP contribution >= 0.6 is 0 Å². The summed E-state index contributed by atoms with van der Waals surface area (Å²) in [4.78, 5) is 11.1. The van der Waals surface area contributed by atoms with Crippen LogP contribution in [0.2, 0.25) is 0 Å². The second-order valence-electron chi connectivity index (χ2n) is 6.72. The van der Waals surface area contributed by atoms with Crippen LogP contribution in [0.5, 0.6) is 0 Å². The van der Waals surface area contributed by atoms with E-state index in [0.717, 1.165) is 12.8 Å². The highest BCUT2D eigenvalue weighted by Gasteiger charge is 2.26. The second-order valence-corrected chi connectivity index (χ2v) is 6.72. The van der Waals surface area contributed by atoms with Gasteiger partial charge in [-0.25, -0.2) is 0 Å². The molecule has 1 amide bonds. The molecule has 0 rings (SSSR count). The van der Waals surface area contributed by atoms with Gasteiger partial charge >= 0.3 is 0 Å². The van der Waals surface area contributed by atoms with Crippen molar-refractivity contribution in [1.29, 1.82) is 0 Å². The summed E-state index contributed by atoms with van der Waals surface area (Å²) in [7, 11) is 0. The Balaban J connectivity index is 4.33. The lowest BCUT2D eigenvalue weighted by atomic mass is 9.80. The fraction of sp³-hybridized carbons (Fsp3) is 0.923. The third kappa shape index (κ3) is 7.40. The monoisotopic (exact) mass is 213 g/mol. The summed E-state index contributed by atoms with van der Waals surface area (Å²) in [6, 6.07) is 0.272. The molecule has 1 N–H and O–H groups in total. The standard InChI is InChI=1S/C13H27NO/c1-10(15)14-11(13(5,6)7)8-9-12(2,3)4/h11H,8-9H2,1-7H3,(H,14,15). The summed E-state index contributed by atoms with van der Waals surface area (Å²) in [5.74, 6) is 0.0730. The molecule has 90 valence electrons. The summed E-state index contributed by atoms with van der Waals surface area (Å²) < 4.78 is 0. The Morgan fingerprint density at radius 1 is 1.13 bits per heavy atom. The molecule has 0 aromatic heterocycles. The Labute approximate surface area is 94.8 Å². The Morgan fingerprint density at radius 2 is 1.60 bits per heavy atom. The van der Waals surface area contributed by atoms with Crippen LogP contribution in [0, 0.1) is 10.8 Å². The van der Waals surface area contributed by atoms with Gasteiger partial charge in [0, 0.05) is 13.0 Å². The minimum absolute atomic E-state index is 0.0730. The van der Waals surface area contributed by atoms with Crippen LogP contribution in [0.15, 0.2) is 0 Å². The number of carbonyl (C=O) groups excluding carboxylic acids is 1. The van der Waals surface area contributed by atoms with Gasteiger partial charge in [-0.3, -0.25) is 4.79 Å². The average Bonchev–Trinajstić information content (AvgIpc) is 1.93. The van der Waals surface area contributed by atoms with Gasteiger partial charge < -0.3 is 5.32 Å². The molecule has 0 aliphatic carbocycles. The van der Waals surface area contributed by atoms with E-state index in [2.05, 4.69) is 46.9 Å². The van der Waals surface area contributed by atoms with Gasteiger partial charge in [-0.15, -0.1) is 0 Å². The van der Waals surface area contributed by atoms with Crippen molar-refractivity contribution in [2.75, 3.05) is 0 Å². The van der Waals surface area contributed by atoms with Crippen LogP contribution in [-0.4, -0.2) is 11.9 Å². The molecule has 0 fully saturated rings. The van der Waals surface area contributed by atoms with Crippen molar-refractivity contribution in [2.24, 2.45) is 10.8 Å². The van der Waals surface area contributed by atoms with Crippen molar-refractivity contribution >= 4 is 5.91 Å². The van der Waals surface area contributed by atoms with Crippen LogP contribution in [0.1, 0.15) is 61.3 Å². The second kappa shape index (κ2) is 5.00. The lowest BCUT2D eigenvalue weighted by Crippen LogP contribution is -2.43. The SMILES string of the molecule is CC(=O)NC(CCC(C)(C)C)C(C)(C)C. The van der Waals surface area contributed by atoms with Crippen molar-refractivity contribution in [3.63, 3.8) is 0 Å². The summed E-state index contributed by atoms with van der Waals surface area (Å²) in [5, 5.41) is 3.05. The molecule has 1 atom stereocenters. The molecule has 0 saturated carbocycles. The first kappa shape index (κ1) is 14.5. The third-order valence-corrected chi connectivity index (χ3v) is 2.61. The number of carbonyl (C=O) groups is 1. The molecule has 2 nitrogen and oxygen atoms in total. The molecule has 0 aromatic rings. The summed E-state index contributed by atoms with van der Waals surface area (Å²) in [6.07, 6.45) is 2.18. The summed E-state index contributed by atoms with van der Waals surface area (Å²) >= 11 is 0. The van der Waals surface area contributed by atoms with Crippen molar-refractivity contribution < 1.29 is 4.79 Å². The first-order chi connectivity index (χ1) is 6.52. The normalized spacial score (nSPS) is 14.9. The lowest BCUT2D eigenvalue weighted by molar-refractivity contribution is -0.120. The topological polar surface area (TPSA) is 29.1 Å². The average molecular weight is 213 g/mol. The Morgan fingerprint density at radius 3 is 1.87 bits per heavy atom. The van der Waals surface area contributed by atoms with E-state index in [9.17, 15) is 4.79 Å². The van der Waals surface area contributed by atoms with Crippen molar-refractivity contribution in [2.45, 2.75) is 67.3 Å². The van der Waals surface area contributed by atoms with E-state index in [-0.39, 0.29) is 17.4 Å². The van der Waals surface area contributed by atoms with Gasteiger partial charge in [0.25, 0.3) is 0 Å². The highest BCUT2D eigenvalue weighted by molar-refractivity contribution is 5.73. The highest BCUT2D eigenvalue weighted by Crippen LogP contribution is 2.28. The number of rotatable bonds is 3. The van der Waals surface area contributed by atoms with Gasteiger partial charge in [-0.05, 0) is 23.7 Å². The van der Waals surface area contributed by atoms with Gasteiger partial charge in [0.2, 0.25) is 5.91 Å². The quantitative estimate of drug-likeness (QED) is 0.765. The minimum atomic E-state index is 0.0730. The van der Waals surface area contributed by atoms with Crippen LogP contribution in [0.3, 0.4) is 0 Å². The van der Waals surface area contributed by atoms with Gasteiger partial charge in [0.1, 0.15) is 0 Å². The Hall–Kier alpha value is -0.530. The molecular weight excluding hydrogens is 186 g/mol. The van der Waals surface area contributed by atoms with Crippen LogP contribution < -0.4 is 5.32 Å². The predicted octanol–water partition coefficient (Wildman–Crippen LogP) is 3.36. The fourth-order valence-corrected chi connectivity index (χ4v) is 1.54. The van der Waals surface area contributed by atoms with E-state index in [1.54, 1.807) is 6.92 Å². The zero-order valence-corrected chi connectivity index (χ0v) is 11.4. The molecule has 0 aliphatic heterocycles. The maximum absolute atomic E-state index is 11.1. The van der Waals surface area contributed by atoms with Gasteiger partial charge in [-0.2, -0.15) is 0 Å². The zero-order valence-electron chi connectivity index (χ0n) is 11.4. The smallest absolute Gasteiger partial charge is 0.217 e. The molecule has 1 unspecified atom stereocenters. The van der Waals surface area contributed by atoms with Crippen molar-refractivity contribution in [3.05, 3.63) is 0 Å². The summed E-state index contributed by atoms with van der Waals surface area (Å²) in [6.45, 7) is 14.8. The van der Waals surface area contributed by atoms with Crippen LogP contribution in [-0.2, 0) is 4.79 Å². The van der Waals surface area contributed by atoms with E-state index in [4.69, 9.17) is 0 Å². The van der Waals surface area contributed by atoms with Gasteiger partial charge in [0.05, 0.1) is 0 Å². The molecule has 0 bridgehead atoms. The van der Waals surface area contributed by atoms with Crippen LogP contribution in [0.25, 0.3) is 0 Å². The number of amides is 1. The summed E-state index contributed by atoms with van der Waals surface area (Å²) in [5.41, 5.74) is 0.471. The molecule has 0 spiro atoms. The van der Waals surface area contributed by atoms with Gasteiger partial charge in [0.15, 0.2) is 0 Å². The molecule has 2 heteroatoms. The molecule has 0 saturated heterocycles. The fourth-order valence-electron chi connectivity index (χ4n) is 1.54. The van der Waals surface area contributed by atoms with E-state index in [1.165, 1.54) is 0 Å². The maximum atomic E-state index is 11.1. The molecule has 15 heavy (non-hydrogen) atoms. The number of nitrogens with one attached hydrogen (secondary N) is 1. The van der Waals surface area contributed by atoms with Crippen molar-refractivity contribution in [3.8, 4) is 0 Å². The maximum Gasteiger partial charge on any atom is 0.217 e. The Bertz CT molecular complexity index is 208. The Kier molecular flexibility index (Phi) is 4.82. The first-order valence-electron chi connectivity index (χ1n) is 5.79. The van der Waals surface area contributed by atoms with E-state index >= 15 is 0 Å². The number of hydrogen-bond donors (Lipinski definition) is 1. The van der Waals surface area contributed by atoms with E-state index in [1.807, 2.05) is 0 Å². The van der Waals surface area contributed by atoms with Crippen molar-refractivity contribution in [1.82, 2.24) is 5.32 Å². The molecule has 0 radical (unpaired) electrons. The largest absolute Gasteiger partial charge is 0.353 e. The first-order valence-corrected chi connectivity index (χ1v) is 5.79. The molecular formula is C13H27NO. The molecule has 0 aliphatic rings. The highest BCUT2D eigenvalue weighted by atomic mass is 16.1. The molecule has 0 heterocycles. The van der Waals surface area contributed by atoms with Crippen LogP contribution in [0.4, 0.5) is 0 Å². The molecule has 0 aromatic carbocycles. The van der Waals surface area contributed by atoms with E-state index in [0.29, 0.717) is 5.41 Å². The minimum Gasteiger partial charge on any atom is -0.353 e. The predicted molar refractivity (Wildman–Crippen MR) is 65.7 cm³/mol. The number of hydrogen-bond acceptors (Lipinski definition) is 1. The third-order valence-electron chi connectivity index (χ3n) is 2.61. The lowest BCUT2D eigenvalue weighted by Gasteiger charge is -2.33.